The first-order valence-corrected chi connectivity index (χ1v) is 5.31. The van der Waals surface area contributed by atoms with E-state index in [1.807, 2.05) is 6.07 Å². The van der Waals surface area contributed by atoms with Gasteiger partial charge in [0, 0.05) is 13.1 Å². The standard InChI is InChI=1S/C12H14FN3O/c13-11-4-2-10(3-5-11)8-15-9-12(17)16-7-1-6-14/h2-5,15H,1,7-9H2,(H,16,17). The van der Waals surface area contributed by atoms with Crippen molar-refractivity contribution in [3.8, 4) is 6.07 Å². The summed E-state index contributed by atoms with van der Waals surface area (Å²) in [6, 6.07) is 8.02. The molecular formula is C12H14FN3O. The highest BCUT2D eigenvalue weighted by molar-refractivity contribution is 5.77. The molecule has 90 valence electrons. The summed E-state index contributed by atoms with van der Waals surface area (Å²) >= 11 is 0. The van der Waals surface area contributed by atoms with Crippen LogP contribution in [0.25, 0.3) is 0 Å². The molecule has 0 aromatic heterocycles. The Hall–Kier alpha value is -1.93. The van der Waals surface area contributed by atoms with Gasteiger partial charge in [-0.3, -0.25) is 4.79 Å². The fourth-order valence-electron chi connectivity index (χ4n) is 1.24. The molecule has 0 aliphatic heterocycles. The van der Waals surface area contributed by atoms with Crippen LogP contribution >= 0.6 is 0 Å². The van der Waals surface area contributed by atoms with Crippen LogP contribution in [0, 0.1) is 17.1 Å². The van der Waals surface area contributed by atoms with Crippen LogP contribution in [-0.4, -0.2) is 19.0 Å². The molecule has 0 saturated heterocycles. The minimum absolute atomic E-state index is 0.151. The number of hydrogen-bond acceptors (Lipinski definition) is 3. The van der Waals surface area contributed by atoms with E-state index in [0.29, 0.717) is 19.5 Å². The Morgan fingerprint density at radius 3 is 2.71 bits per heavy atom. The second-order valence-electron chi connectivity index (χ2n) is 3.49. The van der Waals surface area contributed by atoms with Crippen molar-refractivity contribution >= 4 is 5.91 Å². The molecule has 1 aromatic carbocycles. The van der Waals surface area contributed by atoms with Gasteiger partial charge >= 0.3 is 0 Å². The van der Waals surface area contributed by atoms with Crippen LogP contribution in [0.1, 0.15) is 12.0 Å². The number of rotatable bonds is 6. The lowest BCUT2D eigenvalue weighted by Crippen LogP contribution is -2.34. The Balaban J connectivity index is 2.17. The zero-order valence-corrected chi connectivity index (χ0v) is 9.37. The van der Waals surface area contributed by atoms with Crippen LogP contribution in [0.4, 0.5) is 4.39 Å². The minimum Gasteiger partial charge on any atom is -0.354 e. The zero-order chi connectivity index (χ0) is 12.5. The Kier molecular flexibility index (Phi) is 5.69. The van der Waals surface area contributed by atoms with E-state index < -0.39 is 0 Å². The number of hydrogen-bond donors (Lipinski definition) is 2. The third kappa shape index (κ3) is 5.64. The molecule has 0 atom stereocenters. The molecule has 0 fully saturated rings. The van der Waals surface area contributed by atoms with Gasteiger partial charge in [-0.25, -0.2) is 4.39 Å². The summed E-state index contributed by atoms with van der Waals surface area (Å²) in [4.78, 5) is 11.2. The van der Waals surface area contributed by atoms with E-state index in [-0.39, 0.29) is 18.3 Å². The number of benzene rings is 1. The quantitative estimate of drug-likeness (QED) is 0.721. The third-order valence-electron chi connectivity index (χ3n) is 2.09. The first-order chi connectivity index (χ1) is 8.22. The predicted molar refractivity (Wildman–Crippen MR) is 61.3 cm³/mol. The molecule has 0 bridgehead atoms. The lowest BCUT2D eigenvalue weighted by atomic mass is 10.2. The number of carbonyl (C=O) groups excluding carboxylic acids is 1. The fraction of sp³-hybridized carbons (Fsp3) is 0.333. The van der Waals surface area contributed by atoms with Crippen LogP contribution in [0.2, 0.25) is 0 Å². The highest BCUT2D eigenvalue weighted by atomic mass is 19.1. The first kappa shape index (κ1) is 13.1. The van der Waals surface area contributed by atoms with Gasteiger partial charge in [0.05, 0.1) is 19.0 Å². The van der Waals surface area contributed by atoms with Gasteiger partial charge in [0.15, 0.2) is 0 Å². The van der Waals surface area contributed by atoms with Gasteiger partial charge in [-0.1, -0.05) is 12.1 Å². The topological polar surface area (TPSA) is 64.9 Å². The van der Waals surface area contributed by atoms with Crippen molar-refractivity contribution in [1.82, 2.24) is 10.6 Å². The van der Waals surface area contributed by atoms with Crippen molar-refractivity contribution < 1.29 is 9.18 Å². The molecule has 1 aromatic rings. The van der Waals surface area contributed by atoms with Gasteiger partial charge < -0.3 is 10.6 Å². The number of nitrogens with one attached hydrogen (secondary N) is 2. The molecule has 0 radical (unpaired) electrons. The van der Waals surface area contributed by atoms with Gasteiger partial charge in [-0.2, -0.15) is 5.26 Å². The van der Waals surface area contributed by atoms with Crippen LogP contribution in [0.5, 0.6) is 0 Å². The normalized spacial score (nSPS) is 9.65. The number of nitrogens with zero attached hydrogens (tertiary/aromatic N) is 1. The summed E-state index contributed by atoms with van der Waals surface area (Å²) in [6.45, 7) is 1.06. The highest BCUT2D eigenvalue weighted by Crippen LogP contribution is 2.01. The second-order valence-corrected chi connectivity index (χ2v) is 3.49. The van der Waals surface area contributed by atoms with Gasteiger partial charge in [0.25, 0.3) is 0 Å². The summed E-state index contributed by atoms with van der Waals surface area (Å²) in [5.74, 6) is -0.426. The summed E-state index contributed by atoms with van der Waals surface area (Å²) < 4.78 is 12.6. The van der Waals surface area contributed by atoms with Crippen LogP contribution in [-0.2, 0) is 11.3 Å². The van der Waals surface area contributed by atoms with Crippen molar-refractivity contribution in [2.75, 3.05) is 13.1 Å². The van der Waals surface area contributed by atoms with E-state index >= 15 is 0 Å². The van der Waals surface area contributed by atoms with Crippen molar-refractivity contribution in [3.05, 3.63) is 35.6 Å². The van der Waals surface area contributed by atoms with Gasteiger partial charge in [-0.05, 0) is 17.7 Å². The van der Waals surface area contributed by atoms with E-state index in [4.69, 9.17) is 5.26 Å². The van der Waals surface area contributed by atoms with Crippen molar-refractivity contribution in [2.24, 2.45) is 0 Å². The lowest BCUT2D eigenvalue weighted by Gasteiger charge is -2.05. The van der Waals surface area contributed by atoms with Crippen molar-refractivity contribution in [2.45, 2.75) is 13.0 Å². The molecular weight excluding hydrogens is 221 g/mol. The van der Waals surface area contributed by atoms with E-state index in [9.17, 15) is 9.18 Å². The molecule has 0 heterocycles. The Bertz CT molecular complexity index is 397. The molecule has 17 heavy (non-hydrogen) atoms. The lowest BCUT2D eigenvalue weighted by molar-refractivity contribution is -0.120. The van der Waals surface area contributed by atoms with Crippen LogP contribution in [0.15, 0.2) is 24.3 Å². The molecule has 4 nitrogen and oxygen atoms in total. The number of nitriles is 1. The zero-order valence-electron chi connectivity index (χ0n) is 9.37. The van der Waals surface area contributed by atoms with E-state index in [1.54, 1.807) is 12.1 Å². The summed E-state index contributed by atoms with van der Waals surface area (Å²) in [6.07, 6.45) is 0.309. The molecule has 0 saturated carbocycles. The Morgan fingerprint density at radius 1 is 1.35 bits per heavy atom. The average Bonchev–Trinajstić information content (AvgIpc) is 2.32. The minimum atomic E-state index is -0.275. The molecule has 2 N–H and O–H groups in total. The highest BCUT2D eigenvalue weighted by Gasteiger charge is 1.99. The fourth-order valence-corrected chi connectivity index (χ4v) is 1.24. The second kappa shape index (κ2) is 7.36. The summed E-state index contributed by atoms with van der Waals surface area (Å²) in [5.41, 5.74) is 0.913. The molecule has 0 unspecified atom stereocenters. The van der Waals surface area contributed by atoms with Crippen LogP contribution in [0.3, 0.4) is 0 Å². The number of carbonyl (C=O) groups is 1. The first-order valence-electron chi connectivity index (χ1n) is 5.31. The van der Waals surface area contributed by atoms with E-state index in [0.717, 1.165) is 5.56 Å². The summed E-state index contributed by atoms with van der Waals surface area (Å²) in [7, 11) is 0. The molecule has 0 aliphatic carbocycles. The smallest absolute Gasteiger partial charge is 0.234 e. The SMILES string of the molecule is N#CCCNC(=O)CNCc1ccc(F)cc1. The van der Waals surface area contributed by atoms with Gasteiger partial charge in [0.1, 0.15) is 5.82 Å². The molecule has 5 heteroatoms. The van der Waals surface area contributed by atoms with E-state index in [1.165, 1.54) is 12.1 Å². The van der Waals surface area contributed by atoms with Crippen molar-refractivity contribution in [3.63, 3.8) is 0 Å². The molecule has 1 amide bonds. The molecule has 0 aliphatic rings. The Labute approximate surface area is 99.4 Å². The monoisotopic (exact) mass is 235 g/mol. The Morgan fingerprint density at radius 2 is 2.06 bits per heavy atom. The maximum atomic E-state index is 12.6. The third-order valence-corrected chi connectivity index (χ3v) is 2.09. The van der Waals surface area contributed by atoms with E-state index in [2.05, 4.69) is 10.6 Å². The van der Waals surface area contributed by atoms with Gasteiger partial charge in [-0.15, -0.1) is 0 Å². The average molecular weight is 235 g/mol. The number of amides is 1. The molecule has 0 spiro atoms. The number of halogens is 1. The molecule has 1 rings (SSSR count). The summed E-state index contributed by atoms with van der Waals surface area (Å²) in [5, 5.41) is 13.8. The predicted octanol–water partition coefficient (Wildman–Crippen LogP) is 0.945. The maximum absolute atomic E-state index is 12.6. The van der Waals surface area contributed by atoms with Gasteiger partial charge in [0.2, 0.25) is 5.91 Å². The maximum Gasteiger partial charge on any atom is 0.234 e. The van der Waals surface area contributed by atoms with Crippen LogP contribution < -0.4 is 10.6 Å². The van der Waals surface area contributed by atoms with Crippen molar-refractivity contribution in [1.29, 1.82) is 5.26 Å². The largest absolute Gasteiger partial charge is 0.354 e.